The maximum Gasteiger partial charge on any atom is 0.404 e. The molecule has 2 aromatic rings. The number of amides is 2. The first-order valence-electron chi connectivity index (χ1n) is 12.0. The summed E-state index contributed by atoms with van der Waals surface area (Å²) in [6.07, 6.45) is 1.80. The van der Waals surface area contributed by atoms with E-state index in [0.717, 1.165) is 18.5 Å². The van der Waals surface area contributed by atoms with Crippen molar-refractivity contribution in [1.29, 1.82) is 0 Å². The van der Waals surface area contributed by atoms with Gasteiger partial charge in [-0.3, -0.25) is 9.59 Å². The molecule has 2 aliphatic rings. The Bertz CT molecular complexity index is 1260. The van der Waals surface area contributed by atoms with Crippen molar-refractivity contribution in [1.82, 2.24) is 10.3 Å². The fourth-order valence-electron chi connectivity index (χ4n) is 5.38. The molecule has 1 aliphatic heterocycles. The third kappa shape index (κ3) is 4.47. The summed E-state index contributed by atoms with van der Waals surface area (Å²) in [5, 5.41) is 11.6. The molecule has 4 rings (SSSR count). The van der Waals surface area contributed by atoms with Crippen molar-refractivity contribution >= 4 is 17.7 Å². The van der Waals surface area contributed by atoms with E-state index >= 15 is 0 Å². The van der Waals surface area contributed by atoms with E-state index in [0.29, 0.717) is 46.8 Å². The molecule has 1 aliphatic carbocycles. The van der Waals surface area contributed by atoms with Crippen molar-refractivity contribution in [3.8, 4) is 17.2 Å². The van der Waals surface area contributed by atoms with Crippen molar-refractivity contribution in [2.45, 2.75) is 65.2 Å². The van der Waals surface area contributed by atoms with Gasteiger partial charge in [0.2, 0.25) is 5.75 Å². The number of nitrogens with one attached hydrogen (secondary N) is 2. The number of carbonyl (C=O) groups is 2. The Morgan fingerprint density at radius 2 is 1.78 bits per heavy atom. The number of rotatable bonds is 5. The molecule has 10 nitrogen and oxygen atoms in total. The van der Waals surface area contributed by atoms with Gasteiger partial charge in [0.25, 0.3) is 17.3 Å². The molecule has 1 unspecified atom stereocenters. The topological polar surface area (TPSA) is 130 Å². The van der Waals surface area contributed by atoms with Gasteiger partial charge in [-0.15, -0.1) is 0 Å². The lowest BCUT2D eigenvalue weighted by Gasteiger charge is -2.37. The van der Waals surface area contributed by atoms with E-state index in [2.05, 4.69) is 10.3 Å². The number of fused-ring (bicyclic) bond motifs is 1. The third-order valence-electron chi connectivity index (χ3n) is 7.28. The highest BCUT2D eigenvalue weighted by atomic mass is 16.7. The molecule has 1 saturated carbocycles. The number of anilines is 1. The number of carboxylic acid groups (broad SMARTS) is 1. The number of pyridine rings is 1. The first-order chi connectivity index (χ1) is 16.9. The molecular formula is C26H33N3O7. The highest BCUT2D eigenvalue weighted by Crippen LogP contribution is 2.53. The molecule has 10 heteroatoms. The minimum absolute atomic E-state index is 0.0245. The highest BCUT2D eigenvalue weighted by molar-refractivity contribution is 6.08. The second-order valence-corrected chi connectivity index (χ2v) is 9.81. The average molecular weight is 500 g/mol. The van der Waals surface area contributed by atoms with E-state index in [1.165, 1.54) is 12.0 Å². The fourth-order valence-corrected chi connectivity index (χ4v) is 5.38. The van der Waals surface area contributed by atoms with Gasteiger partial charge in [-0.05, 0) is 64.2 Å². The molecule has 0 saturated heterocycles. The summed E-state index contributed by atoms with van der Waals surface area (Å²) in [5.41, 5.74) is 2.28. The molecule has 2 amide bonds. The van der Waals surface area contributed by atoms with Gasteiger partial charge in [-0.1, -0.05) is 0 Å². The molecule has 1 aromatic heterocycles. The lowest BCUT2D eigenvalue weighted by atomic mass is 9.81. The molecule has 0 radical (unpaired) electrons. The summed E-state index contributed by atoms with van der Waals surface area (Å²) in [4.78, 5) is 41.3. The Morgan fingerprint density at radius 3 is 2.36 bits per heavy atom. The number of methoxy groups -OCH3 is 1. The van der Waals surface area contributed by atoms with Crippen LogP contribution in [-0.2, 0) is 0 Å². The summed E-state index contributed by atoms with van der Waals surface area (Å²) in [5.74, 6) is -0.0834. The SMILES string of the molecule is COc1cc(C(=O)N(C)c2c(C)cc(C)[nH]c2=O)c(C)c2c1OC(C)([C@H]1CC[C@H](NC(=O)O)CC1)O2. The van der Waals surface area contributed by atoms with Crippen LogP contribution in [0.15, 0.2) is 16.9 Å². The van der Waals surface area contributed by atoms with Gasteiger partial charge in [0.1, 0.15) is 5.69 Å². The number of aryl methyl sites for hydroxylation is 2. The van der Waals surface area contributed by atoms with Gasteiger partial charge < -0.3 is 34.5 Å². The lowest BCUT2D eigenvalue weighted by Crippen LogP contribution is -2.47. The number of nitrogens with zero attached hydrogens (tertiary/aromatic N) is 1. The predicted octanol–water partition coefficient (Wildman–Crippen LogP) is 3.90. The minimum Gasteiger partial charge on any atom is -0.493 e. The number of benzene rings is 1. The van der Waals surface area contributed by atoms with Gasteiger partial charge in [-0.25, -0.2) is 4.79 Å². The third-order valence-corrected chi connectivity index (χ3v) is 7.28. The molecular weight excluding hydrogens is 466 g/mol. The number of hydrogen-bond donors (Lipinski definition) is 3. The summed E-state index contributed by atoms with van der Waals surface area (Å²) < 4.78 is 18.3. The van der Waals surface area contributed by atoms with E-state index in [4.69, 9.17) is 19.3 Å². The van der Waals surface area contributed by atoms with Crippen molar-refractivity contribution in [2.24, 2.45) is 5.92 Å². The van der Waals surface area contributed by atoms with E-state index in [9.17, 15) is 14.4 Å². The molecule has 1 aromatic carbocycles. The van der Waals surface area contributed by atoms with Gasteiger partial charge in [-0.2, -0.15) is 0 Å². The van der Waals surface area contributed by atoms with Crippen LogP contribution < -0.4 is 30.0 Å². The minimum atomic E-state index is -1.02. The van der Waals surface area contributed by atoms with Crippen LogP contribution in [0.1, 0.15) is 59.8 Å². The smallest absolute Gasteiger partial charge is 0.404 e. The molecule has 1 fully saturated rings. The van der Waals surface area contributed by atoms with Crippen LogP contribution in [-0.4, -0.2) is 48.1 Å². The Labute approximate surface area is 209 Å². The molecule has 3 N–H and O–H groups in total. The van der Waals surface area contributed by atoms with Gasteiger partial charge >= 0.3 is 6.09 Å². The highest BCUT2D eigenvalue weighted by Gasteiger charge is 2.48. The van der Waals surface area contributed by atoms with Gasteiger partial charge in [0, 0.05) is 37.2 Å². The van der Waals surface area contributed by atoms with Crippen molar-refractivity contribution < 1.29 is 28.9 Å². The van der Waals surface area contributed by atoms with Gasteiger partial charge in [0.05, 0.1) is 12.7 Å². The number of aromatic nitrogens is 1. The first-order valence-corrected chi connectivity index (χ1v) is 12.0. The molecule has 1 atom stereocenters. The zero-order valence-corrected chi connectivity index (χ0v) is 21.5. The number of hydrogen-bond acceptors (Lipinski definition) is 6. The number of H-pyrrole nitrogens is 1. The quantitative estimate of drug-likeness (QED) is 0.569. The second kappa shape index (κ2) is 9.40. The van der Waals surface area contributed by atoms with E-state index in [-0.39, 0.29) is 29.1 Å². The number of aromatic amines is 1. The van der Waals surface area contributed by atoms with Gasteiger partial charge in [0.15, 0.2) is 11.5 Å². The number of ether oxygens (including phenoxy) is 3. The van der Waals surface area contributed by atoms with Crippen molar-refractivity contribution in [3.05, 3.63) is 44.9 Å². The van der Waals surface area contributed by atoms with Crippen LogP contribution in [0.2, 0.25) is 0 Å². The Balaban J connectivity index is 1.63. The van der Waals surface area contributed by atoms with E-state index in [1.54, 1.807) is 33.9 Å². The van der Waals surface area contributed by atoms with Crippen LogP contribution >= 0.6 is 0 Å². The van der Waals surface area contributed by atoms with E-state index in [1.807, 2.05) is 13.0 Å². The molecule has 194 valence electrons. The summed E-state index contributed by atoms with van der Waals surface area (Å²) >= 11 is 0. The summed E-state index contributed by atoms with van der Waals surface area (Å²) in [7, 11) is 3.07. The van der Waals surface area contributed by atoms with Crippen LogP contribution in [0.25, 0.3) is 0 Å². The Hall–Kier alpha value is -3.69. The normalized spacial score (nSPS) is 22.7. The maximum absolute atomic E-state index is 13.6. The summed E-state index contributed by atoms with van der Waals surface area (Å²) in [6, 6.07) is 3.35. The average Bonchev–Trinajstić information content (AvgIpc) is 3.17. The second-order valence-electron chi connectivity index (χ2n) is 9.81. The number of carbonyl (C=O) groups excluding carboxylic acids is 1. The Morgan fingerprint density at radius 1 is 1.14 bits per heavy atom. The lowest BCUT2D eigenvalue weighted by molar-refractivity contribution is -0.121. The van der Waals surface area contributed by atoms with Crippen LogP contribution in [0.4, 0.5) is 10.5 Å². The fraction of sp³-hybridized carbons (Fsp3) is 0.500. The molecule has 0 bridgehead atoms. The van der Waals surface area contributed by atoms with Crippen LogP contribution in [0, 0.1) is 26.7 Å². The Kier molecular flexibility index (Phi) is 6.64. The van der Waals surface area contributed by atoms with Crippen molar-refractivity contribution in [2.75, 3.05) is 19.1 Å². The standard InChI is InChI=1S/C26H33N3O7/c1-13-11-14(2)27-23(30)20(13)29(5)24(31)18-12-19(34-6)22-21(15(18)3)35-26(4,36-22)16-7-9-17(10-8-16)28-25(32)33/h11-12,16-17,28H,7-10H2,1-6H3,(H,27,30)(H,32,33)/t16-,17-,26?. The molecule has 2 heterocycles. The largest absolute Gasteiger partial charge is 0.493 e. The first kappa shape index (κ1) is 25.4. The predicted molar refractivity (Wildman–Crippen MR) is 134 cm³/mol. The maximum atomic E-state index is 13.6. The summed E-state index contributed by atoms with van der Waals surface area (Å²) in [6.45, 7) is 7.23. The molecule has 36 heavy (non-hydrogen) atoms. The zero-order chi connectivity index (χ0) is 26.4. The van der Waals surface area contributed by atoms with Crippen LogP contribution in [0.5, 0.6) is 17.2 Å². The zero-order valence-electron chi connectivity index (χ0n) is 21.5. The monoisotopic (exact) mass is 499 g/mol. The van der Waals surface area contributed by atoms with Crippen LogP contribution in [0.3, 0.4) is 0 Å². The van der Waals surface area contributed by atoms with E-state index < -0.39 is 11.9 Å². The van der Waals surface area contributed by atoms with Crippen molar-refractivity contribution in [3.63, 3.8) is 0 Å². The molecule has 0 spiro atoms.